The maximum absolute atomic E-state index is 14.8. The summed E-state index contributed by atoms with van der Waals surface area (Å²) in [5.74, 6) is -13.7. The molecule has 2 saturated heterocycles. The number of rotatable bonds is 24. The molecule has 0 aromatic heterocycles. The standard InChI is InChI=1S/C59H102N12O17/c1-12-23-37(74)25-21-19-17-15-14-16-18-20-24-32(5)45-49(77)57(85)65-44(31(3)4)54(82)63-38(13-2)51(79)67-47(35(8)73)56(84)68-46(34(7)72)55(83)64-39(27-28-42(60)75)52(80)62-33(6)50(78)69-48(36(9)88-11)59(87)70(10)41(30-43(61)76)58(86)71-29-22-26-40(71)53(81)66-45/h13,31-37,39-41,44-49,72-74,77H,12,14-30H2,1-11H3,(H2,60,75)(H2,61,76)(H,62,80)(H,63,82)(H,64,83)(H,65,85)(H,66,81)(H,67,79)(H,68,84)(H,69,78)/t32-,33+,34+,35+,36+,37?,39-,40-,41-,44-,45+,46-,47-,48-,49+/m0/s1. The van der Waals surface area contributed by atoms with E-state index in [9.17, 15) is 78.0 Å². The maximum atomic E-state index is 14.8. The number of fused-ring (bicyclic) bond motifs is 1. The van der Waals surface area contributed by atoms with Gasteiger partial charge in [0.15, 0.2) is 6.10 Å². The summed E-state index contributed by atoms with van der Waals surface area (Å²) >= 11 is 0. The van der Waals surface area contributed by atoms with E-state index < -0.39 is 186 Å². The number of nitrogens with zero attached hydrogens (tertiary/aromatic N) is 2. The number of aliphatic hydroxyl groups is 4. The molecule has 88 heavy (non-hydrogen) atoms. The van der Waals surface area contributed by atoms with Crippen molar-refractivity contribution in [3.8, 4) is 0 Å². The summed E-state index contributed by atoms with van der Waals surface area (Å²) in [7, 11) is 2.39. The van der Waals surface area contributed by atoms with Crippen molar-refractivity contribution in [2.75, 3.05) is 20.7 Å². The molecule has 0 aromatic rings. The van der Waals surface area contributed by atoms with Crippen LogP contribution in [-0.2, 0) is 62.3 Å². The largest absolute Gasteiger partial charge is 0.393 e. The Balaban J connectivity index is 2.76. The molecular formula is C59H102N12O17. The van der Waals surface area contributed by atoms with Crippen molar-refractivity contribution in [2.24, 2.45) is 23.3 Å². The number of nitrogens with two attached hydrogens (primary N) is 2. The van der Waals surface area contributed by atoms with Crippen LogP contribution in [0.2, 0.25) is 0 Å². The number of likely N-dealkylation sites (N-methyl/N-ethyl adjacent to an activating group) is 1. The fraction of sp³-hybridized carbons (Fsp3) is 0.763. The van der Waals surface area contributed by atoms with E-state index in [4.69, 9.17) is 16.2 Å². The van der Waals surface area contributed by atoms with E-state index in [2.05, 4.69) is 42.5 Å². The van der Waals surface area contributed by atoms with Gasteiger partial charge in [-0.2, -0.15) is 0 Å². The Bertz CT molecular complexity index is 2410. The lowest BCUT2D eigenvalue weighted by molar-refractivity contribution is -0.151. The average molecular weight is 1250 g/mol. The normalized spacial score (nSPS) is 27.2. The lowest BCUT2D eigenvalue weighted by Crippen LogP contribution is -2.63. The van der Waals surface area contributed by atoms with Crippen LogP contribution in [0.3, 0.4) is 0 Å². The van der Waals surface area contributed by atoms with E-state index in [1.807, 2.05) is 6.92 Å². The molecule has 16 N–H and O–H groups in total. The number of aliphatic hydroxyl groups excluding tert-OH is 4. The zero-order chi connectivity index (χ0) is 66.7. The molecule has 29 nitrogen and oxygen atoms in total. The van der Waals surface area contributed by atoms with Gasteiger partial charge in [0.25, 0.3) is 11.8 Å². The third-order valence-electron chi connectivity index (χ3n) is 16.1. The quantitative estimate of drug-likeness (QED) is 0.0364. The predicted octanol–water partition coefficient (Wildman–Crippen LogP) is -2.10. The lowest BCUT2D eigenvalue weighted by Gasteiger charge is -2.36. The highest BCUT2D eigenvalue weighted by Crippen LogP contribution is 2.25. The average Bonchev–Trinajstić information content (AvgIpc) is 1.74. The van der Waals surface area contributed by atoms with Gasteiger partial charge in [-0.1, -0.05) is 91.6 Å². The van der Waals surface area contributed by atoms with Crippen LogP contribution in [0, 0.1) is 11.8 Å². The molecule has 1 unspecified atom stereocenters. The van der Waals surface area contributed by atoms with Gasteiger partial charge in [-0.3, -0.25) is 57.5 Å². The SMILES string of the molecule is CC=C1NC(=O)[C@H](C(C)C)NC(=O)[C@H](O)[C@@H]([C@@H](C)CCCCCCCCCCC(O)CCC)NC(=O)[C@@H]2CCCN2C(=O)[C@H](CC(N)=O)N(C)C(=O)[C@H]([C@@H](C)OC)NC(=O)[C@@H](C)NC(=O)[C@H](CCC(N)=O)NC(=O)[C@H]([C@@H](C)O)NC(=O)[C@H]([C@@H](C)O)NC1=O. The van der Waals surface area contributed by atoms with Gasteiger partial charge in [0, 0.05) is 27.1 Å². The molecule has 0 aliphatic carbocycles. The van der Waals surface area contributed by atoms with Crippen LogP contribution in [0.5, 0.6) is 0 Å². The van der Waals surface area contributed by atoms with Crippen LogP contribution in [0.4, 0.5) is 0 Å². The van der Waals surface area contributed by atoms with Crippen molar-refractivity contribution in [1.82, 2.24) is 52.3 Å². The summed E-state index contributed by atoms with van der Waals surface area (Å²) in [4.78, 5) is 168. The van der Waals surface area contributed by atoms with Crippen molar-refractivity contribution in [3.05, 3.63) is 11.8 Å². The number of allylic oxidation sites excluding steroid dienone is 1. The molecule has 2 aliphatic rings. The van der Waals surface area contributed by atoms with Crippen LogP contribution in [-0.4, -0.2) is 207 Å². The highest BCUT2D eigenvalue weighted by Gasteiger charge is 2.45. The number of unbranched alkanes of at least 4 members (excludes halogenated alkanes) is 7. The third kappa shape index (κ3) is 24.6. The second-order valence-electron chi connectivity index (χ2n) is 23.7. The summed E-state index contributed by atoms with van der Waals surface area (Å²) in [6.07, 6.45) is 2.94. The molecule has 0 saturated carbocycles. The number of carbonyl (C=O) groups is 12. The summed E-state index contributed by atoms with van der Waals surface area (Å²) in [5.41, 5.74) is 10.6. The molecule has 29 heteroatoms. The van der Waals surface area contributed by atoms with Crippen LogP contribution < -0.4 is 54.0 Å². The van der Waals surface area contributed by atoms with E-state index in [1.165, 1.54) is 34.9 Å². The summed E-state index contributed by atoms with van der Waals surface area (Å²) in [5, 5.41) is 63.0. The fourth-order valence-corrected chi connectivity index (χ4v) is 10.5. The topological polar surface area (TPSA) is 450 Å². The highest BCUT2D eigenvalue weighted by atomic mass is 16.5. The molecular weight excluding hydrogens is 1150 g/mol. The minimum atomic E-state index is -2.03. The van der Waals surface area contributed by atoms with E-state index in [1.54, 1.807) is 20.8 Å². The molecule has 2 rings (SSSR count). The maximum Gasteiger partial charge on any atom is 0.268 e. The number of amides is 12. The Hall–Kier alpha value is -6.82. The van der Waals surface area contributed by atoms with E-state index >= 15 is 0 Å². The molecule has 2 heterocycles. The first-order valence-electron chi connectivity index (χ1n) is 30.8. The third-order valence-corrected chi connectivity index (χ3v) is 16.1. The van der Waals surface area contributed by atoms with Gasteiger partial charge in [0.2, 0.25) is 59.1 Å². The van der Waals surface area contributed by atoms with Crippen molar-refractivity contribution in [2.45, 2.75) is 256 Å². The Morgan fingerprint density at radius 2 is 1.19 bits per heavy atom. The van der Waals surface area contributed by atoms with Crippen molar-refractivity contribution >= 4 is 70.9 Å². The summed E-state index contributed by atoms with van der Waals surface area (Å²) in [6, 6.07) is -14.4. The number of ether oxygens (including phenoxy) is 1. The summed E-state index contributed by atoms with van der Waals surface area (Å²) < 4.78 is 5.44. The fourth-order valence-electron chi connectivity index (χ4n) is 10.5. The molecule has 0 radical (unpaired) electrons. The first-order chi connectivity index (χ1) is 41.3. The monoisotopic (exact) mass is 1250 g/mol. The first-order valence-corrected chi connectivity index (χ1v) is 30.8. The number of hydrogen-bond acceptors (Lipinski definition) is 17. The van der Waals surface area contributed by atoms with Gasteiger partial charge in [0.1, 0.15) is 54.0 Å². The van der Waals surface area contributed by atoms with Gasteiger partial charge in [-0.05, 0) is 85.0 Å². The first kappa shape index (κ1) is 77.3. The predicted molar refractivity (Wildman–Crippen MR) is 322 cm³/mol. The number of primary amides is 2. The van der Waals surface area contributed by atoms with Crippen LogP contribution in [0.1, 0.15) is 171 Å². The molecule has 2 aliphatic heterocycles. The Morgan fingerprint density at radius 1 is 0.648 bits per heavy atom. The van der Waals surface area contributed by atoms with Gasteiger partial charge in [-0.25, -0.2) is 0 Å². The molecule has 0 spiro atoms. The zero-order valence-electron chi connectivity index (χ0n) is 53.2. The second kappa shape index (κ2) is 38.6. The van der Waals surface area contributed by atoms with Crippen LogP contribution in [0.15, 0.2) is 11.8 Å². The number of carbonyl (C=O) groups excluding carboxylic acids is 12. The number of methoxy groups -OCH3 is 1. The minimum absolute atomic E-state index is 0.0470. The van der Waals surface area contributed by atoms with Crippen LogP contribution in [0.25, 0.3) is 0 Å². The van der Waals surface area contributed by atoms with Gasteiger partial charge >= 0.3 is 0 Å². The smallest absolute Gasteiger partial charge is 0.268 e. The summed E-state index contributed by atoms with van der Waals surface area (Å²) in [6.45, 7) is 13.0. The Morgan fingerprint density at radius 3 is 1.73 bits per heavy atom. The molecule has 500 valence electrons. The Kier molecular flexibility index (Phi) is 33.9. The van der Waals surface area contributed by atoms with E-state index in [0.717, 1.165) is 93.9 Å². The van der Waals surface area contributed by atoms with Gasteiger partial charge < -0.3 is 89.0 Å². The Labute approximate surface area is 516 Å². The highest BCUT2D eigenvalue weighted by molar-refractivity contribution is 6.03. The molecule has 0 bridgehead atoms. The molecule has 12 amide bonds. The van der Waals surface area contributed by atoms with Gasteiger partial charge in [-0.15, -0.1) is 0 Å². The van der Waals surface area contributed by atoms with E-state index in [-0.39, 0.29) is 25.5 Å². The lowest BCUT2D eigenvalue weighted by atomic mass is 9.90. The van der Waals surface area contributed by atoms with Crippen molar-refractivity contribution < 1.29 is 82.7 Å². The molecule has 2 fully saturated rings. The van der Waals surface area contributed by atoms with Gasteiger partial charge in [0.05, 0.1) is 36.9 Å². The van der Waals surface area contributed by atoms with Crippen LogP contribution >= 0.6 is 0 Å². The number of nitrogens with one attached hydrogen (secondary N) is 8. The number of hydrogen-bond donors (Lipinski definition) is 14. The zero-order valence-corrected chi connectivity index (χ0v) is 53.2. The van der Waals surface area contributed by atoms with E-state index in [0.29, 0.717) is 12.8 Å². The van der Waals surface area contributed by atoms with Crippen molar-refractivity contribution in [1.29, 1.82) is 0 Å². The van der Waals surface area contributed by atoms with Crippen molar-refractivity contribution in [3.63, 3.8) is 0 Å². The minimum Gasteiger partial charge on any atom is -0.393 e. The molecule has 15 atom stereocenters. The second-order valence-corrected chi connectivity index (χ2v) is 23.7. The molecule has 0 aromatic carbocycles.